The molecule has 0 bridgehead atoms. The van der Waals surface area contributed by atoms with Crippen LogP contribution in [-0.2, 0) is 0 Å². The molecule has 3 heterocycles. The second-order valence-corrected chi connectivity index (χ2v) is 2.77. The molecule has 0 aliphatic carbocycles. The highest BCUT2D eigenvalue weighted by atomic mass is 16.5. The predicted octanol–water partition coefficient (Wildman–Crippen LogP) is 0.0733. The minimum Gasteiger partial charge on any atom is -0.455 e. The van der Waals surface area contributed by atoms with Crippen LogP contribution in [-0.4, -0.2) is 21.3 Å². The highest BCUT2D eigenvalue weighted by Gasteiger charge is 2.17. The van der Waals surface area contributed by atoms with Gasteiger partial charge < -0.3 is 15.8 Å². The molecule has 0 saturated heterocycles. The van der Waals surface area contributed by atoms with Gasteiger partial charge in [-0.25, -0.2) is 4.52 Å². The average Bonchev–Trinajstić information content (AvgIpc) is 2.47. The molecule has 0 spiro atoms. The molecule has 0 fully saturated rings. The quantitative estimate of drug-likeness (QED) is 0.595. The third kappa shape index (κ3) is 0.715. The maximum absolute atomic E-state index is 5.73. The summed E-state index contributed by atoms with van der Waals surface area (Å²) in [6.45, 7) is 0.420. The molecule has 6 heteroatoms. The largest absolute Gasteiger partial charge is 0.455 e. The number of nitrogens with one attached hydrogen (secondary N) is 1. The summed E-state index contributed by atoms with van der Waals surface area (Å²) in [5, 5.41) is 7.05. The molecule has 1 aliphatic rings. The number of aromatic nitrogens is 3. The van der Waals surface area contributed by atoms with Crippen LogP contribution in [0, 0.1) is 0 Å². The smallest absolute Gasteiger partial charge is 0.245 e. The molecule has 3 N–H and O–H groups in total. The maximum Gasteiger partial charge on any atom is 0.245 e. The second-order valence-electron chi connectivity index (χ2n) is 2.77. The fourth-order valence-corrected chi connectivity index (χ4v) is 1.46. The van der Waals surface area contributed by atoms with Gasteiger partial charge >= 0.3 is 0 Å². The molecule has 0 saturated carbocycles. The van der Waals surface area contributed by atoms with Crippen molar-refractivity contribution in [2.75, 3.05) is 17.8 Å². The molecule has 0 amide bonds. The van der Waals surface area contributed by atoms with Crippen LogP contribution < -0.4 is 15.8 Å². The number of nitrogens with zero attached hydrogens (tertiary/aromatic N) is 3. The van der Waals surface area contributed by atoms with E-state index in [-0.39, 0.29) is 0 Å². The van der Waals surface area contributed by atoms with Gasteiger partial charge in [-0.2, -0.15) is 10.1 Å². The number of rotatable bonds is 0. The fraction of sp³-hybridized carbons (Fsp3) is 0.143. The molecule has 66 valence electrons. The van der Waals surface area contributed by atoms with Crippen LogP contribution in [0.2, 0.25) is 0 Å². The summed E-state index contributed by atoms with van der Waals surface area (Å²) < 4.78 is 6.87. The Morgan fingerprint density at radius 2 is 2.54 bits per heavy atom. The second kappa shape index (κ2) is 2.03. The molecular weight excluding hydrogens is 170 g/mol. The lowest BCUT2D eigenvalue weighted by Crippen LogP contribution is -2.15. The van der Waals surface area contributed by atoms with E-state index in [1.165, 1.54) is 6.33 Å². The van der Waals surface area contributed by atoms with Gasteiger partial charge in [0.05, 0.1) is 5.69 Å². The molecule has 1 aliphatic heterocycles. The van der Waals surface area contributed by atoms with E-state index in [1.807, 2.05) is 6.07 Å². The van der Waals surface area contributed by atoms with Crippen molar-refractivity contribution in [3.63, 3.8) is 0 Å². The summed E-state index contributed by atoms with van der Waals surface area (Å²) in [6.07, 6.45) is 1.42. The van der Waals surface area contributed by atoms with Gasteiger partial charge in [0.1, 0.15) is 12.1 Å². The normalized spacial score (nSPS) is 13.8. The van der Waals surface area contributed by atoms with Crippen LogP contribution >= 0.6 is 0 Å². The lowest BCUT2D eigenvalue weighted by molar-refractivity contribution is 0.329. The highest BCUT2D eigenvalue weighted by Crippen LogP contribution is 2.31. The van der Waals surface area contributed by atoms with Crippen molar-refractivity contribution in [3.05, 3.63) is 12.4 Å². The van der Waals surface area contributed by atoms with Gasteiger partial charge in [-0.05, 0) is 0 Å². The van der Waals surface area contributed by atoms with Crippen LogP contribution in [0.1, 0.15) is 0 Å². The summed E-state index contributed by atoms with van der Waals surface area (Å²) in [5.41, 5.74) is 7.44. The molecule has 3 rings (SSSR count). The zero-order chi connectivity index (χ0) is 8.84. The van der Waals surface area contributed by atoms with E-state index in [0.29, 0.717) is 18.4 Å². The van der Waals surface area contributed by atoms with Crippen LogP contribution in [0.4, 0.5) is 11.5 Å². The summed E-state index contributed by atoms with van der Waals surface area (Å²) in [4.78, 5) is 4.00. The molecule has 2 aromatic rings. The van der Waals surface area contributed by atoms with Crippen molar-refractivity contribution in [2.24, 2.45) is 0 Å². The summed E-state index contributed by atoms with van der Waals surface area (Å²) >= 11 is 0. The van der Waals surface area contributed by atoms with Gasteiger partial charge in [-0.3, -0.25) is 0 Å². The zero-order valence-electron chi connectivity index (χ0n) is 6.69. The lowest BCUT2D eigenvalue weighted by atomic mass is 10.4. The van der Waals surface area contributed by atoms with Crippen LogP contribution in [0.25, 0.3) is 5.52 Å². The van der Waals surface area contributed by atoms with Crippen molar-refractivity contribution in [3.8, 4) is 5.88 Å². The van der Waals surface area contributed by atoms with Gasteiger partial charge in [-0.15, -0.1) is 0 Å². The number of hydrogen-bond donors (Lipinski definition) is 2. The Kier molecular flexibility index (Phi) is 1.02. The Labute approximate surface area is 73.3 Å². The number of hydrogen-bond acceptors (Lipinski definition) is 5. The van der Waals surface area contributed by atoms with Gasteiger partial charge in [0.2, 0.25) is 5.88 Å². The minimum absolute atomic E-state index is 0.420. The SMILES string of the molecule is Nc1cc2c3c(ncnn13)OCN2. The Bertz CT molecular complexity index is 477. The number of ether oxygens (including phenoxy) is 1. The zero-order valence-corrected chi connectivity index (χ0v) is 6.69. The van der Waals surface area contributed by atoms with E-state index in [2.05, 4.69) is 15.4 Å². The van der Waals surface area contributed by atoms with E-state index < -0.39 is 0 Å². The monoisotopic (exact) mass is 177 g/mol. The van der Waals surface area contributed by atoms with E-state index in [0.717, 1.165) is 11.2 Å². The van der Waals surface area contributed by atoms with Gasteiger partial charge in [-0.1, -0.05) is 0 Å². The van der Waals surface area contributed by atoms with Crippen molar-refractivity contribution < 1.29 is 4.74 Å². The summed E-state index contributed by atoms with van der Waals surface area (Å²) in [5.74, 6) is 1.15. The Morgan fingerprint density at radius 1 is 1.62 bits per heavy atom. The first-order valence-electron chi connectivity index (χ1n) is 3.85. The van der Waals surface area contributed by atoms with Gasteiger partial charge in [0.15, 0.2) is 12.2 Å². The lowest BCUT2D eigenvalue weighted by Gasteiger charge is -2.13. The molecule has 0 unspecified atom stereocenters. The molecule has 2 aromatic heterocycles. The van der Waals surface area contributed by atoms with E-state index in [9.17, 15) is 0 Å². The highest BCUT2D eigenvalue weighted by molar-refractivity contribution is 5.82. The van der Waals surface area contributed by atoms with Gasteiger partial charge in [0, 0.05) is 6.07 Å². The molecule has 0 radical (unpaired) electrons. The van der Waals surface area contributed by atoms with Crippen LogP contribution in [0.15, 0.2) is 12.4 Å². The molecule has 6 nitrogen and oxygen atoms in total. The topological polar surface area (TPSA) is 77.5 Å². The molecular formula is C7H7N5O. The summed E-state index contributed by atoms with van der Waals surface area (Å²) in [6, 6.07) is 1.82. The van der Waals surface area contributed by atoms with Crippen LogP contribution in [0.5, 0.6) is 5.88 Å². The molecule has 13 heavy (non-hydrogen) atoms. The third-order valence-corrected chi connectivity index (χ3v) is 2.02. The van der Waals surface area contributed by atoms with Crippen molar-refractivity contribution >= 4 is 17.0 Å². The van der Waals surface area contributed by atoms with E-state index in [4.69, 9.17) is 10.5 Å². The predicted molar refractivity (Wildman–Crippen MR) is 46.5 cm³/mol. The maximum atomic E-state index is 5.73. The number of nitrogens with two attached hydrogens (primary N) is 1. The fourth-order valence-electron chi connectivity index (χ4n) is 1.46. The molecule has 0 atom stereocenters. The van der Waals surface area contributed by atoms with Crippen molar-refractivity contribution in [1.82, 2.24) is 14.6 Å². The minimum atomic E-state index is 0.420. The average molecular weight is 177 g/mol. The first-order valence-corrected chi connectivity index (χ1v) is 3.85. The van der Waals surface area contributed by atoms with Crippen LogP contribution in [0.3, 0.4) is 0 Å². The first-order chi connectivity index (χ1) is 6.36. The van der Waals surface area contributed by atoms with Crippen molar-refractivity contribution in [2.45, 2.75) is 0 Å². The van der Waals surface area contributed by atoms with Gasteiger partial charge in [0.25, 0.3) is 0 Å². The van der Waals surface area contributed by atoms with E-state index >= 15 is 0 Å². The van der Waals surface area contributed by atoms with E-state index in [1.54, 1.807) is 4.52 Å². The standard InChI is InChI=1S/C7H7N5O/c8-5-1-4-6-7(13-3-10-4)9-2-11-12(5)6/h1-2,10H,3,8H2. The number of nitrogen functional groups attached to an aromatic ring is 1. The Balaban J connectivity index is 2.51. The summed E-state index contributed by atoms with van der Waals surface area (Å²) in [7, 11) is 0. The Hall–Kier alpha value is -1.98. The third-order valence-electron chi connectivity index (χ3n) is 2.02. The molecule has 0 aromatic carbocycles. The Morgan fingerprint density at radius 3 is 3.46 bits per heavy atom. The first kappa shape index (κ1) is 6.53. The number of anilines is 2. The van der Waals surface area contributed by atoms with Crippen molar-refractivity contribution in [1.29, 1.82) is 0 Å².